The molecule has 6 nitrogen and oxygen atoms in total. The van der Waals surface area contributed by atoms with E-state index < -0.39 is 6.10 Å². The summed E-state index contributed by atoms with van der Waals surface area (Å²) in [6.45, 7) is 1.21. The number of ether oxygens (including phenoxy) is 1. The number of imidazole rings is 1. The molecule has 21 heavy (non-hydrogen) atoms. The zero-order chi connectivity index (χ0) is 15.1. The highest BCUT2D eigenvalue weighted by Crippen LogP contribution is 2.11. The molecule has 6 heteroatoms. The summed E-state index contributed by atoms with van der Waals surface area (Å²) in [6, 6.07) is 8.83. The molecule has 1 heterocycles. The van der Waals surface area contributed by atoms with Crippen LogP contribution in [0.1, 0.15) is 11.4 Å². The van der Waals surface area contributed by atoms with Gasteiger partial charge in [0.1, 0.15) is 24.3 Å². The van der Waals surface area contributed by atoms with Crippen LogP contribution in [0.2, 0.25) is 0 Å². The molecule has 1 aromatic heterocycles. The van der Waals surface area contributed by atoms with E-state index in [2.05, 4.69) is 10.3 Å². The van der Waals surface area contributed by atoms with E-state index in [4.69, 9.17) is 10.00 Å². The first kappa shape index (κ1) is 15.0. The Labute approximate surface area is 123 Å². The van der Waals surface area contributed by atoms with Gasteiger partial charge in [0, 0.05) is 26.0 Å². The summed E-state index contributed by atoms with van der Waals surface area (Å²) in [4.78, 5) is 4.18. The lowest BCUT2D eigenvalue weighted by Gasteiger charge is -2.13. The van der Waals surface area contributed by atoms with Crippen molar-refractivity contribution in [1.82, 2.24) is 14.9 Å². The monoisotopic (exact) mass is 286 g/mol. The zero-order valence-corrected chi connectivity index (χ0v) is 11.9. The van der Waals surface area contributed by atoms with E-state index in [1.54, 1.807) is 30.5 Å². The summed E-state index contributed by atoms with van der Waals surface area (Å²) < 4.78 is 7.38. The Balaban J connectivity index is 1.68. The molecule has 0 saturated carbocycles. The van der Waals surface area contributed by atoms with E-state index in [0.717, 1.165) is 5.82 Å². The van der Waals surface area contributed by atoms with Crippen molar-refractivity contribution < 1.29 is 9.84 Å². The van der Waals surface area contributed by atoms with Gasteiger partial charge in [-0.3, -0.25) is 0 Å². The Hall–Kier alpha value is -2.36. The molecule has 2 aromatic rings. The zero-order valence-electron chi connectivity index (χ0n) is 11.9. The van der Waals surface area contributed by atoms with E-state index in [0.29, 0.717) is 24.4 Å². The molecule has 1 aromatic carbocycles. The van der Waals surface area contributed by atoms with Crippen molar-refractivity contribution in [2.45, 2.75) is 12.6 Å². The predicted octanol–water partition coefficient (Wildman–Crippen LogP) is 0.821. The molecule has 0 radical (unpaired) electrons. The Bertz CT molecular complexity index is 601. The van der Waals surface area contributed by atoms with Gasteiger partial charge in [0.25, 0.3) is 0 Å². The number of aliphatic hydroxyl groups is 1. The largest absolute Gasteiger partial charge is 0.491 e. The van der Waals surface area contributed by atoms with Crippen molar-refractivity contribution in [3.05, 3.63) is 48.0 Å². The van der Waals surface area contributed by atoms with Crippen LogP contribution in [0.3, 0.4) is 0 Å². The molecule has 1 unspecified atom stereocenters. The summed E-state index contributed by atoms with van der Waals surface area (Å²) in [6.07, 6.45) is 3.00. The van der Waals surface area contributed by atoms with Crippen LogP contribution >= 0.6 is 0 Å². The fourth-order valence-corrected chi connectivity index (χ4v) is 1.79. The van der Waals surface area contributed by atoms with Crippen LogP contribution in [0.15, 0.2) is 36.7 Å². The minimum absolute atomic E-state index is 0.194. The SMILES string of the molecule is Cn1ccnc1CNCC(O)COc1ccc(C#N)cc1. The van der Waals surface area contributed by atoms with Crippen molar-refractivity contribution in [2.75, 3.05) is 13.2 Å². The molecule has 0 aliphatic heterocycles. The van der Waals surface area contributed by atoms with Crippen molar-refractivity contribution in [3.63, 3.8) is 0 Å². The normalized spacial score (nSPS) is 11.9. The summed E-state index contributed by atoms with van der Waals surface area (Å²) in [5, 5.41) is 21.7. The Morgan fingerprint density at radius 2 is 2.19 bits per heavy atom. The number of aryl methyl sites for hydroxylation is 1. The lowest BCUT2D eigenvalue weighted by Crippen LogP contribution is -2.31. The number of nitrogens with one attached hydrogen (secondary N) is 1. The predicted molar refractivity (Wildman–Crippen MR) is 77.6 cm³/mol. The van der Waals surface area contributed by atoms with Crippen LogP contribution < -0.4 is 10.1 Å². The van der Waals surface area contributed by atoms with Gasteiger partial charge in [0.05, 0.1) is 18.2 Å². The number of aromatic nitrogens is 2. The molecule has 0 saturated heterocycles. The number of benzene rings is 1. The highest BCUT2D eigenvalue weighted by atomic mass is 16.5. The number of hydrogen-bond donors (Lipinski definition) is 2. The molecule has 0 bridgehead atoms. The fourth-order valence-electron chi connectivity index (χ4n) is 1.79. The number of nitriles is 1. The van der Waals surface area contributed by atoms with Gasteiger partial charge in [0.2, 0.25) is 0 Å². The van der Waals surface area contributed by atoms with E-state index in [-0.39, 0.29) is 6.61 Å². The van der Waals surface area contributed by atoms with E-state index in [1.807, 2.05) is 23.9 Å². The fraction of sp³-hybridized carbons (Fsp3) is 0.333. The summed E-state index contributed by atoms with van der Waals surface area (Å²) in [7, 11) is 1.93. The first-order valence-corrected chi connectivity index (χ1v) is 6.67. The van der Waals surface area contributed by atoms with Gasteiger partial charge in [-0.05, 0) is 24.3 Å². The third-order valence-corrected chi connectivity index (χ3v) is 3.01. The van der Waals surface area contributed by atoms with Gasteiger partial charge in [-0.15, -0.1) is 0 Å². The molecule has 0 amide bonds. The smallest absolute Gasteiger partial charge is 0.122 e. The van der Waals surface area contributed by atoms with Crippen LogP contribution in [-0.2, 0) is 13.6 Å². The van der Waals surface area contributed by atoms with Gasteiger partial charge in [-0.2, -0.15) is 5.26 Å². The molecule has 2 N–H and O–H groups in total. The van der Waals surface area contributed by atoms with Crippen LogP contribution in [0.5, 0.6) is 5.75 Å². The Kier molecular flexibility index (Phi) is 5.32. The molecule has 0 aliphatic rings. The number of nitrogens with zero attached hydrogens (tertiary/aromatic N) is 3. The quantitative estimate of drug-likeness (QED) is 0.787. The minimum Gasteiger partial charge on any atom is -0.491 e. The van der Waals surface area contributed by atoms with Gasteiger partial charge in [-0.25, -0.2) is 4.98 Å². The van der Waals surface area contributed by atoms with Crippen LogP contribution in [-0.4, -0.2) is 33.9 Å². The first-order valence-electron chi connectivity index (χ1n) is 6.67. The van der Waals surface area contributed by atoms with Crippen molar-refractivity contribution in [3.8, 4) is 11.8 Å². The van der Waals surface area contributed by atoms with Gasteiger partial charge in [0.15, 0.2) is 0 Å². The molecule has 110 valence electrons. The average Bonchev–Trinajstić information content (AvgIpc) is 2.91. The third kappa shape index (κ3) is 4.60. The van der Waals surface area contributed by atoms with E-state index >= 15 is 0 Å². The maximum Gasteiger partial charge on any atom is 0.122 e. The van der Waals surface area contributed by atoms with Crippen molar-refractivity contribution >= 4 is 0 Å². The Morgan fingerprint density at radius 1 is 1.43 bits per heavy atom. The van der Waals surface area contributed by atoms with Crippen LogP contribution in [0.4, 0.5) is 0 Å². The second-order valence-electron chi connectivity index (χ2n) is 4.69. The Morgan fingerprint density at radius 3 is 2.81 bits per heavy atom. The second-order valence-corrected chi connectivity index (χ2v) is 4.69. The first-order chi connectivity index (χ1) is 10.2. The second kappa shape index (κ2) is 7.43. The third-order valence-electron chi connectivity index (χ3n) is 3.01. The summed E-state index contributed by atoms with van der Waals surface area (Å²) in [5.74, 6) is 1.55. The van der Waals surface area contributed by atoms with Crippen LogP contribution in [0, 0.1) is 11.3 Å². The van der Waals surface area contributed by atoms with Gasteiger partial charge in [-0.1, -0.05) is 0 Å². The van der Waals surface area contributed by atoms with Crippen molar-refractivity contribution in [1.29, 1.82) is 5.26 Å². The standard InChI is InChI=1S/C15H18N4O2/c1-19-7-6-18-15(19)10-17-9-13(20)11-21-14-4-2-12(8-16)3-5-14/h2-7,13,17,20H,9-11H2,1H3. The van der Waals surface area contributed by atoms with E-state index in [1.165, 1.54) is 0 Å². The molecular weight excluding hydrogens is 268 g/mol. The molecule has 0 fully saturated rings. The summed E-state index contributed by atoms with van der Waals surface area (Å²) >= 11 is 0. The lowest BCUT2D eigenvalue weighted by atomic mass is 10.2. The number of hydrogen-bond acceptors (Lipinski definition) is 5. The number of rotatable bonds is 7. The summed E-state index contributed by atoms with van der Waals surface area (Å²) in [5.41, 5.74) is 0.583. The van der Waals surface area contributed by atoms with E-state index in [9.17, 15) is 5.11 Å². The molecule has 0 spiro atoms. The molecule has 1 atom stereocenters. The molecular formula is C15H18N4O2. The molecule has 2 rings (SSSR count). The minimum atomic E-state index is -0.610. The maximum atomic E-state index is 9.84. The average molecular weight is 286 g/mol. The van der Waals surface area contributed by atoms with Gasteiger partial charge < -0.3 is 19.7 Å². The van der Waals surface area contributed by atoms with Crippen molar-refractivity contribution in [2.24, 2.45) is 7.05 Å². The maximum absolute atomic E-state index is 9.84. The highest BCUT2D eigenvalue weighted by molar-refractivity contribution is 5.34. The number of aliphatic hydroxyl groups excluding tert-OH is 1. The van der Waals surface area contributed by atoms with Gasteiger partial charge >= 0.3 is 0 Å². The highest BCUT2D eigenvalue weighted by Gasteiger charge is 2.06. The topological polar surface area (TPSA) is 83.1 Å². The van der Waals surface area contributed by atoms with Crippen LogP contribution in [0.25, 0.3) is 0 Å². The molecule has 0 aliphatic carbocycles. The lowest BCUT2D eigenvalue weighted by molar-refractivity contribution is 0.106.